The fraction of sp³-hybridized carbons (Fsp3) is 0.542. The topological polar surface area (TPSA) is 58.4 Å². The zero-order valence-corrected chi connectivity index (χ0v) is 18.7. The quantitative estimate of drug-likeness (QED) is 0.702. The van der Waals surface area contributed by atoms with Gasteiger partial charge in [0.1, 0.15) is 0 Å². The molecule has 0 aliphatic carbocycles. The second-order valence-electron chi connectivity index (χ2n) is 8.25. The predicted molar refractivity (Wildman–Crippen MR) is 118 cm³/mol. The summed E-state index contributed by atoms with van der Waals surface area (Å²) in [5.74, 6) is 0.303. The fourth-order valence-corrected chi connectivity index (χ4v) is 4.45. The average Bonchev–Trinajstić information content (AvgIpc) is 3.01. The summed E-state index contributed by atoms with van der Waals surface area (Å²) in [4.78, 5) is 29.8. The standard InChI is InChI=1S/C24H34N4O2/c1-5-15-28(23(29)12-11-22-18(2)25-26(4)19(22)3)21-13-16-27(17-14-21)24(30)20-9-7-6-8-10-20/h6-10,21H,5,11-17H2,1-4H3. The van der Waals surface area contributed by atoms with Crippen LogP contribution in [0.25, 0.3) is 0 Å². The zero-order chi connectivity index (χ0) is 21.7. The van der Waals surface area contributed by atoms with Crippen LogP contribution in [-0.2, 0) is 18.3 Å². The van der Waals surface area contributed by atoms with Crippen molar-refractivity contribution in [1.82, 2.24) is 19.6 Å². The number of benzene rings is 1. The van der Waals surface area contributed by atoms with E-state index in [-0.39, 0.29) is 17.9 Å². The minimum absolute atomic E-state index is 0.0879. The predicted octanol–water partition coefficient (Wildman–Crippen LogP) is 3.51. The Balaban J connectivity index is 1.58. The summed E-state index contributed by atoms with van der Waals surface area (Å²) in [5, 5.41) is 4.46. The number of nitrogens with zero attached hydrogens (tertiary/aromatic N) is 4. The lowest BCUT2D eigenvalue weighted by atomic mass is 10.0. The van der Waals surface area contributed by atoms with Crippen LogP contribution in [0, 0.1) is 13.8 Å². The Morgan fingerprint density at radius 3 is 2.37 bits per heavy atom. The molecule has 1 fully saturated rings. The van der Waals surface area contributed by atoms with Crippen molar-refractivity contribution in [2.24, 2.45) is 7.05 Å². The Kier molecular flexibility index (Phi) is 7.29. The maximum absolute atomic E-state index is 13.1. The third-order valence-electron chi connectivity index (χ3n) is 6.25. The van der Waals surface area contributed by atoms with Crippen molar-refractivity contribution in [3.63, 3.8) is 0 Å². The Labute approximate surface area is 179 Å². The zero-order valence-electron chi connectivity index (χ0n) is 18.7. The fourth-order valence-electron chi connectivity index (χ4n) is 4.45. The van der Waals surface area contributed by atoms with Crippen molar-refractivity contribution in [3.8, 4) is 0 Å². The largest absolute Gasteiger partial charge is 0.340 e. The third kappa shape index (κ3) is 4.91. The van der Waals surface area contributed by atoms with Crippen LogP contribution in [0.1, 0.15) is 59.9 Å². The highest BCUT2D eigenvalue weighted by Gasteiger charge is 2.29. The first kappa shape index (κ1) is 22.1. The molecule has 0 radical (unpaired) electrons. The van der Waals surface area contributed by atoms with Crippen LogP contribution in [0.2, 0.25) is 0 Å². The number of carbonyl (C=O) groups excluding carboxylic acids is 2. The van der Waals surface area contributed by atoms with Crippen molar-refractivity contribution in [2.75, 3.05) is 19.6 Å². The molecular formula is C24H34N4O2. The van der Waals surface area contributed by atoms with Crippen LogP contribution in [0.3, 0.4) is 0 Å². The average molecular weight is 411 g/mol. The summed E-state index contributed by atoms with van der Waals surface area (Å²) in [6.45, 7) is 8.36. The lowest BCUT2D eigenvalue weighted by molar-refractivity contribution is -0.134. The van der Waals surface area contributed by atoms with Crippen LogP contribution < -0.4 is 0 Å². The summed E-state index contributed by atoms with van der Waals surface area (Å²) < 4.78 is 1.89. The lowest BCUT2D eigenvalue weighted by Gasteiger charge is -2.38. The molecule has 3 rings (SSSR count). The number of amides is 2. The maximum atomic E-state index is 13.1. The number of rotatable bonds is 7. The molecule has 0 atom stereocenters. The molecule has 30 heavy (non-hydrogen) atoms. The van der Waals surface area contributed by atoms with Gasteiger partial charge in [-0.1, -0.05) is 25.1 Å². The van der Waals surface area contributed by atoms with Gasteiger partial charge in [0.25, 0.3) is 5.91 Å². The Hall–Kier alpha value is -2.63. The van der Waals surface area contributed by atoms with E-state index < -0.39 is 0 Å². The first-order chi connectivity index (χ1) is 14.4. The number of aromatic nitrogens is 2. The molecule has 2 amide bonds. The molecule has 0 unspecified atom stereocenters. The summed E-state index contributed by atoms with van der Waals surface area (Å²) in [6.07, 6.45) is 3.87. The molecule has 1 saturated heterocycles. The van der Waals surface area contributed by atoms with E-state index in [9.17, 15) is 9.59 Å². The van der Waals surface area contributed by atoms with E-state index in [4.69, 9.17) is 0 Å². The number of piperidine rings is 1. The van der Waals surface area contributed by atoms with E-state index in [1.807, 2.05) is 53.9 Å². The van der Waals surface area contributed by atoms with Crippen LogP contribution in [0.5, 0.6) is 0 Å². The van der Waals surface area contributed by atoms with E-state index >= 15 is 0 Å². The molecule has 0 N–H and O–H groups in total. The van der Waals surface area contributed by atoms with Crippen molar-refractivity contribution in [3.05, 3.63) is 52.8 Å². The van der Waals surface area contributed by atoms with Crippen molar-refractivity contribution in [2.45, 2.75) is 58.9 Å². The summed E-state index contributed by atoms with van der Waals surface area (Å²) in [6, 6.07) is 9.66. The van der Waals surface area contributed by atoms with E-state index in [1.54, 1.807) is 0 Å². The number of aryl methyl sites for hydroxylation is 2. The molecule has 2 aromatic rings. The maximum Gasteiger partial charge on any atom is 0.253 e. The second-order valence-corrected chi connectivity index (χ2v) is 8.25. The molecular weight excluding hydrogens is 376 g/mol. The number of hydrogen-bond donors (Lipinski definition) is 0. The van der Waals surface area contributed by atoms with Gasteiger partial charge in [0.05, 0.1) is 5.69 Å². The minimum Gasteiger partial charge on any atom is -0.340 e. The Morgan fingerprint density at radius 1 is 1.13 bits per heavy atom. The third-order valence-corrected chi connectivity index (χ3v) is 6.25. The number of likely N-dealkylation sites (tertiary alicyclic amines) is 1. The highest BCUT2D eigenvalue weighted by molar-refractivity contribution is 5.94. The van der Waals surface area contributed by atoms with Gasteiger partial charge < -0.3 is 9.80 Å². The summed E-state index contributed by atoms with van der Waals surface area (Å²) >= 11 is 0. The smallest absolute Gasteiger partial charge is 0.253 e. The van der Waals surface area contributed by atoms with Crippen LogP contribution in [-0.4, -0.2) is 57.1 Å². The summed E-state index contributed by atoms with van der Waals surface area (Å²) in [5.41, 5.74) is 4.07. The SMILES string of the molecule is CCCN(C(=O)CCc1c(C)nn(C)c1C)C1CCN(C(=O)c2ccccc2)CC1. The van der Waals surface area contributed by atoms with Gasteiger partial charge in [0, 0.05) is 50.4 Å². The first-order valence-corrected chi connectivity index (χ1v) is 11.0. The lowest BCUT2D eigenvalue weighted by Crippen LogP contribution is -2.49. The molecule has 162 valence electrons. The van der Waals surface area contributed by atoms with Crippen LogP contribution >= 0.6 is 0 Å². The highest BCUT2D eigenvalue weighted by atomic mass is 16.2. The highest BCUT2D eigenvalue weighted by Crippen LogP contribution is 2.21. The molecule has 1 aromatic heterocycles. The number of hydrogen-bond acceptors (Lipinski definition) is 3. The van der Waals surface area contributed by atoms with E-state index in [1.165, 1.54) is 5.56 Å². The van der Waals surface area contributed by atoms with Gasteiger partial charge in [0.2, 0.25) is 5.91 Å². The van der Waals surface area contributed by atoms with E-state index in [2.05, 4.69) is 23.8 Å². The monoisotopic (exact) mass is 410 g/mol. The van der Waals surface area contributed by atoms with Crippen LogP contribution in [0.15, 0.2) is 30.3 Å². The van der Waals surface area contributed by atoms with Gasteiger partial charge in [-0.3, -0.25) is 14.3 Å². The van der Waals surface area contributed by atoms with E-state index in [0.29, 0.717) is 19.5 Å². The van der Waals surface area contributed by atoms with Gasteiger partial charge in [-0.2, -0.15) is 5.10 Å². The minimum atomic E-state index is 0.0879. The van der Waals surface area contributed by atoms with Gasteiger partial charge in [-0.05, 0) is 57.2 Å². The molecule has 0 saturated carbocycles. The molecule has 0 bridgehead atoms. The van der Waals surface area contributed by atoms with Crippen molar-refractivity contribution < 1.29 is 9.59 Å². The van der Waals surface area contributed by atoms with Crippen molar-refractivity contribution >= 4 is 11.8 Å². The molecule has 6 nitrogen and oxygen atoms in total. The molecule has 6 heteroatoms. The number of carbonyl (C=O) groups is 2. The molecule has 1 aliphatic rings. The molecule has 2 heterocycles. The summed E-state index contributed by atoms with van der Waals surface area (Å²) in [7, 11) is 1.95. The van der Waals surface area contributed by atoms with Gasteiger partial charge in [-0.25, -0.2) is 0 Å². The van der Waals surface area contributed by atoms with E-state index in [0.717, 1.165) is 49.2 Å². The second kappa shape index (κ2) is 9.92. The van der Waals surface area contributed by atoms with Gasteiger partial charge in [0.15, 0.2) is 0 Å². The normalized spacial score (nSPS) is 14.7. The van der Waals surface area contributed by atoms with Crippen LogP contribution in [0.4, 0.5) is 0 Å². The van der Waals surface area contributed by atoms with Gasteiger partial charge in [-0.15, -0.1) is 0 Å². The Bertz CT molecular complexity index is 867. The first-order valence-electron chi connectivity index (χ1n) is 11.0. The molecule has 1 aromatic carbocycles. The molecule has 0 spiro atoms. The Morgan fingerprint density at radius 2 is 1.80 bits per heavy atom. The van der Waals surface area contributed by atoms with Gasteiger partial charge >= 0.3 is 0 Å². The van der Waals surface area contributed by atoms with Crippen molar-refractivity contribution in [1.29, 1.82) is 0 Å². The molecule has 1 aliphatic heterocycles.